The van der Waals surface area contributed by atoms with Crippen molar-refractivity contribution >= 4 is 29.3 Å². The molecule has 0 aliphatic carbocycles. The van der Waals surface area contributed by atoms with Crippen LogP contribution in [0.4, 0.5) is 0 Å². The molecule has 3 rings (SSSR count). The first-order valence-electron chi connectivity index (χ1n) is 8.77. The Morgan fingerprint density at radius 3 is 2.93 bits per heavy atom. The Bertz CT molecular complexity index is 829. The van der Waals surface area contributed by atoms with Gasteiger partial charge in [-0.2, -0.15) is 0 Å². The van der Waals surface area contributed by atoms with Gasteiger partial charge in [-0.3, -0.25) is 4.79 Å². The quantitative estimate of drug-likeness (QED) is 0.539. The molecule has 0 radical (unpaired) electrons. The second-order valence-corrected chi connectivity index (χ2v) is 6.90. The lowest BCUT2D eigenvalue weighted by molar-refractivity contribution is -0.143. The summed E-state index contributed by atoms with van der Waals surface area (Å²) >= 11 is 1.64. The second kappa shape index (κ2) is 9.80. The van der Waals surface area contributed by atoms with Gasteiger partial charge in [0.2, 0.25) is 5.75 Å². The van der Waals surface area contributed by atoms with Crippen LogP contribution < -0.4 is 19.5 Å². The number of thiophene rings is 1. The van der Waals surface area contributed by atoms with Crippen molar-refractivity contribution in [2.75, 3.05) is 33.5 Å². The molecule has 0 fully saturated rings. The van der Waals surface area contributed by atoms with E-state index in [0.29, 0.717) is 42.6 Å². The molecule has 0 saturated heterocycles. The molecule has 1 aliphatic heterocycles. The lowest BCUT2D eigenvalue weighted by Crippen LogP contribution is -2.30. The first-order valence-corrected chi connectivity index (χ1v) is 9.65. The van der Waals surface area contributed by atoms with E-state index in [1.165, 1.54) is 18.1 Å². The zero-order chi connectivity index (χ0) is 19.8. The van der Waals surface area contributed by atoms with E-state index in [9.17, 15) is 9.59 Å². The summed E-state index contributed by atoms with van der Waals surface area (Å²) in [5.41, 5.74) is 0.693. The molecular weight excluding hydrogens is 382 g/mol. The van der Waals surface area contributed by atoms with Crippen LogP contribution in [0.1, 0.15) is 10.4 Å². The second-order valence-electron chi connectivity index (χ2n) is 5.87. The van der Waals surface area contributed by atoms with Crippen molar-refractivity contribution in [3.63, 3.8) is 0 Å². The van der Waals surface area contributed by atoms with Crippen LogP contribution in [-0.4, -0.2) is 45.4 Å². The highest BCUT2D eigenvalue weighted by Gasteiger charge is 2.17. The van der Waals surface area contributed by atoms with Crippen LogP contribution in [0, 0.1) is 0 Å². The van der Waals surface area contributed by atoms with E-state index in [4.69, 9.17) is 18.9 Å². The predicted octanol–water partition coefficient (Wildman–Crippen LogP) is 2.44. The zero-order valence-electron chi connectivity index (χ0n) is 15.4. The Hall–Kier alpha value is -3.00. The fourth-order valence-corrected chi connectivity index (χ4v) is 3.28. The van der Waals surface area contributed by atoms with Gasteiger partial charge < -0.3 is 24.3 Å². The maximum atomic E-state index is 11.9. The van der Waals surface area contributed by atoms with E-state index in [1.54, 1.807) is 29.5 Å². The van der Waals surface area contributed by atoms with E-state index in [2.05, 4.69) is 5.32 Å². The number of rotatable bonds is 8. The molecule has 1 aromatic carbocycles. The summed E-state index contributed by atoms with van der Waals surface area (Å²) < 4.78 is 21.3. The maximum Gasteiger partial charge on any atom is 0.331 e. The standard InChI is InChI=1S/C20H21NO6S/c1-24-16-11-14(12-17-20(16)26-9-8-25-17)4-5-19(23)27-13-18(22)21-7-6-15-3-2-10-28-15/h2-5,10-12H,6-9,13H2,1H3,(H,21,22)/b5-4+. The van der Waals surface area contributed by atoms with Gasteiger partial charge in [0.25, 0.3) is 5.91 Å². The molecule has 0 spiro atoms. The highest BCUT2D eigenvalue weighted by atomic mass is 32.1. The molecule has 28 heavy (non-hydrogen) atoms. The molecule has 0 atom stereocenters. The third-order valence-electron chi connectivity index (χ3n) is 3.88. The van der Waals surface area contributed by atoms with Crippen molar-refractivity contribution in [2.45, 2.75) is 6.42 Å². The van der Waals surface area contributed by atoms with Gasteiger partial charge in [0.15, 0.2) is 18.1 Å². The monoisotopic (exact) mass is 403 g/mol. The predicted molar refractivity (Wildman–Crippen MR) is 105 cm³/mol. The topological polar surface area (TPSA) is 83.1 Å². The number of carbonyl (C=O) groups is 2. The van der Waals surface area contributed by atoms with Crippen LogP contribution in [0.2, 0.25) is 0 Å². The van der Waals surface area contributed by atoms with Crippen LogP contribution in [0.15, 0.2) is 35.7 Å². The molecule has 1 aliphatic rings. The summed E-state index contributed by atoms with van der Waals surface area (Å²) in [7, 11) is 1.53. The first kappa shape index (κ1) is 19.8. The Balaban J connectivity index is 1.46. The van der Waals surface area contributed by atoms with E-state index in [0.717, 1.165) is 6.42 Å². The lowest BCUT2D eigenvalue weighted by atomic mass is 10.1. The normalized spacial score (nSPS) is 12.6. The molecule has 1 N–H and O–H groups in total. The number of hydrogen-bond acceptors (Lipinski definition) is 7. The van der Waals surface area contributed by atoms with Gasteiger partial charge in [-0.15, -0.1) is 11.3 Å². The molecule has 0 unspecified atom stereocenters. The Labute approximate surface area is 166 Å². The van der Waals surface area contributed by atoms with Crippen LogP contribution >= 0.6 is 11.3 Å². The first-order chi connectivity index (χ1) is 13.7. The molecule has 2 aromatic rings. The highest BCUT2D eigenvalue weighted by molar-refractivity contribution is 7.09. The summed E-state index contributed by atoms with van der Waals surface area (Å²) in [5.74, 6) is 0.688. The minimum absolute atomic E-state index is 0.321. The van der Waals surface area contributed by atoms with Crippen molar-refractivity contribution in [3.8, 4) is 17.2 Å². The number of ether oxygens (including phenoxy) is 4. The average Bonchev–Trinajstić information content (AvgIpc) is 3.23. The Morgan fingerprint density at radius 2 is 2.14 bits per heavy atom. The number of benzene rings is 1. The molecule has 0 bridgehead atoms. The summed E-state index contributed by atoms with van der Waals surface area (Å²) in [4.78, 5) is 24.8. The van der Waals surface area contributed by atoms with E-state index in [1.807, 2.05) is 17.5 Å². The molecule has 1 amide bonds. The molecular formula is C20H21NO6S. The van der Waals surface area contributed by atoms with Crippen molar-refractivity contribution in [1.29, 1.82) is 0 Å². The fraction of sp³-hybridized carbons (Fsp3) is 0.300. The molecule has 0 saturated carbocycles. The maximum absolute atomic E-state index is 11.9. The summed E-state index contributed by atoms with van der Waals surface area (Å²) in [6.07, 6.45) is 3.57. The smallest absolute Gasteiger partial charge is 0.331 e. The van der Waals surface area contributed by atoms with Crippen molar-refractivity contribution in [2.24, 2.45) is 0 Å². The van der Waals surface area contributed by atoms with Gasteiger partial charge in [-0.1, -0.05) is 6.07 Å². The summed E-state index contributed by atoms with van der Waals surface area (Å²) in [5, 5.41) is 4.71. The molecule has 2 heterocycles. The van der Waals surface area contributed by atoms with Gasteiger partial charge in [0, 0.05) is 17.5 Å². The van der Waals surface area contributed by atoms with Crippen molar-refractivity contribution in [3.05, 3.63) is 46.2 Å². The number of carbonyl (C=O) groups excluding carboxylic acids is 2. The lowest BCUT2D eigenvalue weighted by Gasteiger charge is -2.20. The van der Waals surface area contributed by atoms with Crippen LogP contribution in [-0.2, 0) is 20.7 Å². The van der Waals surface area contributed by atoms with Gasteiger partial charge in [-0.25, -0.2) is 4.79 Å². The van der Waals surface area contributed by atoms with Gasteiger partial charge in [0.1, 0.15) is 13.2 Å². The van der Waals surface area contributed by atoms with E-state index < -0.39 is 5.97 Å². The van der Waals surface area contributed by atoms with Crippen molar-refractivity contribution in [1.82, 2.24) is 5.32 Å². The SMILES string of the molecule is COc1cc(/C=C/C(=O)OCC(=O)NCCc2cccs2)cc2c1OCCO2. The summed E-state index contributed by atoms with van der Waals surface area (Å²) in [6, 6.07) is 7.45. The minimum Gasteiger partial charge on any atom is -0.493 e. The van der Waals surface area contributed by atoms with E-state index in [-0.39, 0.29) is 12.5 Å². The number of esters is 1. The van der Waals surface area contributed by atoms with Crippen LogP contribution in [0.25, 0.3) is 6.08 Å². The molecule has 1 aromatic heterocycles. The number of amides is 1. The Kier molecular flexibility index (Phi) is 6.91. The molecule has 7 nitrogen and oxygen atoms in total. The highest BCUT2D eigenvalue weighted by Crippen LogP contribution is 2.40. The number of fused-ring (bicyclic) bond motifs is 1. The van der Waals surface area contributed by atoms with Crippen LogP contribution in [0.3, 0.4) is 0 Å². The minimum atomic E-state index is -0.609. The van der Waals surface area contributed by atoms with Gasteiger partial charge in [-0.05, 0) is 41.6 Å². The fourth-order valence-electron chi connectivity index (χ4n) is 2.57. The molecule has 148 valence electrons. The van der Waals surface area contributed by atoms with Gasteiger partial charge >= 0.3 is 5.97 Å². The largest absolute Gasteiger partial charge is 0.493 e. The zero-order valence-corrected chi connectivity index (χ0v) is 16.3. The van der Waals surface area contributed by atoms with Crippen LogP contribution in [0.5, 0.6) is 17.2 Å². The molecule has 8 heteroatoms. The number of nitrogens with one attached hydrogen (secondary N) is 1. The Morgan fingerprint density at radius 1 is 1.29 bits per heavy atom. The number of hydrogen-bond donors (Lipinski definition) is 1. The third-order valence-corrected chi connectivity index (χ3v) is 4.82. The number of methoxy groups -OCH3 is 1. The van der Waals surface area contributed by atoms with E-state index >= 15 is 0 Å². The third kappa shape index (κ3) is 5.50. The summed E-state index contributed by atoms with van der Waals surface area (Å²) in [6.45, 7) is 1.09. The van der Waals surface area contributed by atoms with Crippen molar-refractivity contribution < 1.29 is 28.5 Å². The average molecular weight is 403 g/mol. The van der Waals surface area contributed by atoms with Gasteiger partial charge in [0.05, 0.1) is 7.11 Å².